The van der Waals surface area contributed by atoms with Crippen LogP contribution in [-0.2, 0) is 19.3 Å². The molecule has 0 amide bonds. The van der Waals surface area contributed by atoms with Crippen LogP contribution in [0.15, 0.2) is 28.8 Å². The standard InChI is InChI=1S/C14H16F3N5O/c15-14(16,17)13-20-19-12(23-13)10-22-7-5-21(6-8-22)9-11-3-1-2-4-18-11/h1-4H,5-10H2. The predicted molar refractivity (Wildman–Crippen MR) is 74.1 cm³/mol. The van der Waals surface area contributed by atoms with Crippen LogP contribution in [-0.4, -0.2) is 51.2 Å². The predicted octanol–water partition coefficient (Wildman–Crippen LogP) is 1.80. The van der Waals surface area contributed by atoms with Gasteiger partial charge in [0.25, 0.3) is 0 Å². The van der Waals surface area contributed by atoms with Crippen molar-refractivity contribution in [1.82, 2.24) is 25.0 Å². The normalized spacial score (nSPS) is 17.5. The van der Waals surface area contributed by atoms with Gasteiger partial charge in [-0.15, -0.1) is 10.2 Å². The summed E-state index contributed by atoms with van der Waals surface area (Å²) in [5.74, 6) is -1.29. The van der Waals surface area contributed by atoms with Gasteiger partial charge in [-0.25, -0.2) is 0 Å². The molecule has 6 nitrogen and oxygen atoms in total. The van der Waals surface area contributed by atoms with Crippen molar-refractivity contribution in [1.29, 1.82) is 0 Å². The molecular formula is C14H16F3N5O. The first-order valence-electron chi connectivity index (χ1n) is 7.25. The van der Waals surface area contributed by atoms with Gasteiger partial charge in [-0.1, -0.05) is 6.07 Å². The van der Waals surface area contributed by atoms with Crippen molar-refractivity contribution >= 4 is 0 Å². The van der Waals surface area contributed by atoms with Gasteiger partial charge in [0.2, 0.25) is 5.89 Å². The lowest BCUT2D eigenvalue weighted by molar-refractivity contribution is -0.157. The summed E-state index contributed by atoms with van der Waals surface area (Å²) in [6.07, 6.45) is -2.83. The van der Waals surface area contributed by atoms with E-state index in [-0.39, 0.29) is 12.4 Å². The third kappa shape index (κ3) is 4.26. The molecule has 1 aliphatic rings. The lowest BCUT2D eigenvalue weighted by Crippen LogP contribution is -2.45. The molecule has 0 saturated carbocycles. The molecule has 1 saturated heterocycles. The van der Waals surface area contributed by atoms with E-state index in [4.69, 9.17) is 0 Å². The van der Waals surface area contributed by atoms with Crippen molar-refractivity contribution in [3.8, 4) is 0 Å². The number of aromatic nitrogens is 3. The molecule has 0 aliphatic carbocycles. The summed E-state index contributed by atoms with van der Waals surface area (Å²) in [5, 5.41) is 6.50. The molecular weight excluding hydrogens is 311 g/mol. The summed E-state index contributed by atoms with van der Waals surface area (Å²) in [4.78, 5) is 8.55. The van der Waals surface area contributed by atoms with Crippen LogP contribution in [0.4, 0.5) is 13.2 Å². The van der Waals surface area contributed by atoms with Crippen LogP contribution in [0.5, 0.6) is 0 Å². The molecule has 0 unspecified atom stereocenters. The van der Waals surface area contributed by atoms with Crippen molar-refractivity contribution in [3.05, 3.63) is 41.9 Å². The molecule has 3 rings (SSSR count). The molecule has 3 heterocycles. The van der Waals surface area contributed by atoms with E-state index in [0.717, 1.165) is 38.4 Å². The summed E-state index contributed by atoms with van der Waals surface area (Å²) < 4.78 is 41.9. The zero-order valence-corrected chi connectivity index (χ0v) is 12.3. The molecule has 0 bridgehead atoms. The van der Waals surface area contributed by atoms with Crippen molar-refractivity contribution in [3.63, 3.8) is 0 Å². The number of hydrogen-bond acceptors (Lipinski definition) is 6. The number of nitrogens with zero attached hydrogens (tertiary/aromatic N) is 5. The van der Waals surface area contributed by atoms with Gasteiger partial charge in [-0.3, -0.25) is 14.8 Å². The quantitative estimate of drug-likeness (QED) is 0.853. The number of rotatable bonds is 4. The SMILES string of the molecule is FC(F)(F)c1nnc(CN2CCN(Cc3ccccn3)CC2)o1. The summed E-state index contributed by atoms with van der Waals surface area (Å²) in [7, 11) is 0. The first-order valence-corrected chi connectivity index (χ1v) is 7.25. The highest BCUT2D eigenvalue weighted by molar-refractivity contribution is 5.03. The van der Waals surface area contributed by atoms with Crippen molar-refractivity contribution in [2.24, 2.45) is 0 Å². The molecule has 2 aromatic rings. The highest BCUT2D eigenvalue weighted by Crippen LogP contribution is 2.27. The van der Waals surface area contributed by atoms with Gasteiger partial charge < -0.3 is 4.42 Å². The second-order valence-electron chi connectivity index (χ2n) is 5.37. The Kier molecular flexibility index (Phi) is 4.58. The van der Waals surface area contributed by atoms with Crippen LogP contribution in [0.1, 0.15) is 17.5 Å². The van der Waals surface area contributed by atoms with Gasteiger partial charge in [0.05, 0.1) is 12.2 Å². The Balaban J connectivity index is 1.48. The average Bonchev–Trinajstić information content (AvgIpc) is 2.99. The van der Waals surface area contributed by atoms with Gasteiger partial charge in [-0.05, 0) is 12.1 Å². The zero-order valence-electron chi connectivity index (χ0n) is 12.3. The lowest BCUT2D eigenvalue weighted by atomic mass is 10.2. The lowest BCUT2D eigenvalue weighted by Gasteiger charge is -2.33. The molecule has 0 spiro atoms. The van der Waals surface area contributed by atoms with Crippen LogP contribution >= 0.6 is 0 Å². The molecule has 0 radical (unpaired) electrons. The number of hydrogen-bond donors (Lipinski definition) is 0. The van der Waals surface area contributed by atoms with E-state index in [0.29, 0.717) is 0 Å². The monoisotopic (exact) mass is 327 g/mol. The minimum absolute atomic E-state index is 0.00417. The Morgan fingerprint density at radius 2 is 1.70 bits per heavy atom. The van der Waals surface area contributed by atoms with Crippen LogP contribution in [0, 0.1) is 0 Å². The van der Waals surface area contributed by atoms with Gasteiger partial charge in [-0.2, -0.15) is 13.2 Å². The van der Waals surface area contributed by atoms with Crippen LogP contribution in [0.3, 0.4) is 0 Å². The third-order valence-corrected chi connectivity index (χ3v) is 3.64. The van der Waals surface area contributed by atoms with E-state index in [1.54, 1.807) is 6.20 Å². The maximum absolute atomic E-state index is 12.4. The van der Waals surface area contributed by atoms with Crippen LogP contribution in [0.25, 0.3) is 0 Å². The van der Waals surface area contributed by atoms with E-state index in [9.17, 15) is 13.2 Å². The van der Waals surface area contributed by atoms with E-state index < -0.39 is 12.1 Å². The van der Waals surface area contributed by atoms with Crippen molar-refractivity contribution in [2.45, 2.75) is 19.3 Å². The maximum atomic E-state index is 12.4. The van der Waals surface area contributed by atoms with E-state index in [1.807, 2.05) is 23.1 Å². The fourth-order valence-corrected chi connectivity index (χ4v) is 2.45. The van der Waals surface area contributed by atoms with Gasteiger partial charge in [0, 0.05) is 38.9 Å². The van der Waals surface area contributed by atoms with Gasteiger partial charge in [0.1, 0.15) is 0 Å². The zero-order chi connectivity index (χ0) is 16.3. The smallest absolute Gasteiger partial charge is 0.416 e. The molecule has 0 atom stereocenters. The molecule has 23 heavy (non-hydrogen) atoms. The highest BCUT2D eigenvalue weighted by Gasteiger charge is 2.38. The minimum atomic E-state index is -4.59. The Morgan fingerprint density at radius 3 is 2.26 bits per heavy atom. The molecule has 1 fully saturated rings. The Hall–Kier alpha value is -2.00. The summed E-state index contributed by atoms with van der Waals surface area (Å²) in [5.41, 5.74) is 1.01. The molecule has 2 aromatic heterocycles. The molecule has 124 valence electrons. The van der Waals surface area contributed by atoms with Gasteiger partial charge >= 0.3 is 12.1 Å². The van der Waals surface area contributed by atoms with Gasteiger partial charge in [0.15, 0.2) is 0 Å². The second kappa shape index (κ2) is 6.63. The maximum Gasteiger partial charge on any atom is 0.470 e. The number of halogens is 3. The van der Waals surface area contributed by atoms with Crippen molar-refractivity contribution in [2.75, 3.05) is 26.2 Å². The Morgan fingerprint density at radius 1 is 1.00 bits per heavy atom. The first-order chi connectivity index (χ1) is 11.0. The fourth-order valence-electron chi connectivity index (χ4n) is 2.45. The molecule has 0 aromatic carbocycles. The minimum Gasteiger partial charge on any atom is -0.416 e. The van der Waals surface area contributed by atoms with E-state index in [2.05, 4.69) is 24.5 Å². The molecule has 0 N–H and O–H groups in total. The Bertz CT molecular complexity index is 623. The molecule has 9 heteroatoms. The average molecular weight is 327 g/mol. The van der Waals surface area contributed by atoms with Crippen molar-refractivity contribution < 1.29 is 17.6 Å². The highest BCUT2D eigenvalue weighted by atomic mass is 19.4. The van der Waals surface area contributed by atoms with Crippen LogP contribution in [0.2, 0.25) is 0 Å². The second-order valence-corrected chi connectivity index (χ2v) is 5.37. The number of pyridine rings is 1. The largest absolute Gasteiger partial charge is 0.470 e. The van der Waals surface area contributed by atoms with E-state index in [1.165, 1.54) is 0 Å². The summed E-state index contributed by atoms with van der Waals surface area (Å²) in [6, 6.07) is 5.80. The molecule has 1 aliphatic heterocycles. The summed E-state index contributed by atoms with van der Waals surface area (Å²) in [6.45, 7) is 4.11. The van der Waals surface area contributed by atoms with Crippen LogP contribution < -0.4 is 0 Å². The van der Waals surface area contributed by atoms with E-state index >= 15 is 0 Å². The topological polar surface area (TPSA) is 58.3 Å². The third-order valence-electron chi connectivity index (χ3n) is 3.64. The first kappa shape index (κ1) is 15.9. The number of piperazine rings is 1. The number of alkyl halides is 3. The Labute approximate surface area is 130 Å². The fraction of sp³-hybridized carbons (Fsp3) is 0.500. The summed E-state index contributed by atoms with van der Waals surface area (Å²) >= 11 is 0.